The van der Waals surface area contributed by atoms with Gasteiger partial charge in [0.25, 0.3) is 5.91 Å². The fraction of sp³-hybridized carbons (Fsp3) is 0.556. The number of aliphatic carboxylic acids is 1. The van der Waals surface area contributed by atoms with Gasteiger partial charge in [-0.15, -0.1) is 0 Å². The van der Waals surface area contributed by atoms with E-state index in [-0.39, 0.29) is 18.6 Å². The maximum Gasteiger partial charge on any atom is 0.317 e. The van der Waals surface area contributed by atoms with Crippen LogP contribution < -0.4 is 10.1 Å². The van der Waals surface area contributed by atoms with Crippen LogP contribution in [0.4, 0.5) is 0 Å². The molecule has 1 heterocycles. The minimum atomic E-state index is -0.813. The quantitative estimate of drug-likeness (QED) is 0.709. The molecule has 0 bridgehead atoms. The Morgan fingerprint density at radius 2 is 2.04 bits per heavy atom. The molecule has 0 atom stereocenters. The van der Waals surface area contributed by atoms with Crippen LogP contribution >= 0.6 is 11.6 Å². The van der Waals surface area contributed by atoms with Crippen LogP contribution in [0.25, 0.3) is 0 Å². The summed E-state index contributed by atoms with van der Waals surface area (Å²) >= 11 is 6.27. The Labute approximate surface area is 158 Å². The first-order valence-corrected chi connectivity index (χ1v) is 9.06. The Bertz CT molecular complexity index is 631. The molecule has 0 radical (unpaired) electrons. The van der Waals surface area contributed by atoms with Crippen molar-refractivity contribution in [1.82, 2.24) is 15.1 Å². The Balaban J connectivity index is 1.86. The summed E-state index contributed by atoms with van der Waals surface area (Å²) in [5.41, 5.74) is 0.498. The first kappa shape index (κ1) is 20.5. The van der Waals surface area contributed by atoms with E-state index in [1.54, 1.807) is 18.2 Å². The summed E-state index contributed by atoms with van der Waals surface area (Å²) in [7, 11) is 3.89. The second kappa shape index (κ2) is 9.75. The van der Waals surface area contributed by atoms with Crippen LogP contribution in [0.3, 0.4) is 0 Å². The van der Waals surface area contributed by atoms with Crippen molar-refractivity contribution in [2.45, 2.75) is 18.9 Å². The average molecular weight is 384 g/mol. The van der Waals surface area contributed by atoms with Gasteiger partial charge in [-0.25, -0.2) is 0 Å². The number of nitrogens with one attached hydrogen (secondary N) is 1. The SMILES string of the molecule is CN(C)CCNC(=O)c1ccc(OC2CCN(CC(=O)O)CC2)c(Cl)c1. The molecule has 1 aromatic rings. The number of carboxylic acids is 1. The van der Waals surface area contributed by atoms with Crippen molar-refractivity contribution in [2.75, 3.05) is 46.8 Å². The van der Waals surface area contributed by atoms with E-state index in [9.17, 15) is 9.59 Å². The van der Waals surface area contributed by atoms with E-state index < -0.39 is 5.97 Å². The van der Waals surface area contributed by atoms with E-state index in [1.165, 1.54) is 0 Å². The van der Waals surface area contributed by atoms with E-state index in [2.05, 4.69) is 5.32 Å². The number of amides is 1. The van der Waals surface area contributed by atoms with Gasteiger partial charge in [0, 0.05) is 31.7 Å². The Morgan fingerprint density at radius 1 is 1.35 bits per heavy atom. The van der Waals surface area contributed by atoms with E-state index in [4.69, 9.17) is 21.4 Å². The molecule has 7 nitrogen and oxygen atoms in total. The standard InChI is InChI=1S/C18H26ClN3O4/c1-21(2)10-7-20-18(25)13-3-4-16(15(19)11-13)26-14-5-8-22(9-6-14)12-17(23)24/h3-4,11,14H,5-10,12H2,1-2H3,(H,20,25)(H,23,24). The smallest absolute Gasteiger partial charge is 0.317 e. The number of likely N-dealkylation sites (tertiary alicyclic amines) is 1. The zero-order valence-electron chi connectivity index (χ0n) is 15.2. The molecular formula is C18H26ClN3O4. The number of ether oxygens (including phenoxy) is 1. The number of hydrogen-bond donors (Lipinski definition) is 2. The van der Waals surface area contributed by atoms with Crippen LogP contribution in [0.2, 0.25) is 5.02 Å². The summed E-state index contributed by atoms with van der Waals surface area (Å²) in [6.45, 7) is 2.75. The number of halogens is 1. The fourth-order valence-corrected chi connectivity index (χ4v) is 3.01. The van der Waals surface area contributed by atoms with Gasteiger partial charge in [-0.1, -0.05) is 11.6 Å². The Morgan fingerprint density at radius 3 is 2.62 bits per heavy atom. The summed E-state index contributed by atoms with van der Waals surface area (Å²) in [5.74, 6) is -0.428. The van der Waals surface area contributed by atoms with Crippen molar-refractivity contribution >= 4 is 23.5 Å². The van der Waals surface area contributed by atoms with Gasteiger partial charge < -0.3 is 20.1 Å². The molecule has 0 saturated carbocycles. The van der Waals surface area contributed by atoms with E-state index >= 15 is 0 Å². The first-order chi connectivity index (χ1) is 12.3. The second-order valence-corrected chi connectivity index (χ2v) is 7.10. The van der Waals surface area contributed by atoms with E-state index in [0.717, 1.165) is 19.4 Å². The van der Waals surface area contributed by atoms with Crippen molar-refractivity contribution < 1.29 is 19.4 Å². The molecule has 1 aliphatic heterocycles. The molecule has 2 N–H and O–H groups in total. The molecule has 0 aliphatic carbocycles. The highest BCUT2D eigenvalue weighted by Crippen LogP contribution is 2.28. The minimum absolute atomic E-state index is 0.00249. The molecule has 8 heteroatoms. The van der Waals surface area contributed by atoms with Crippen LogP contribution in [-0.2, 0) is 4.79 Å². The number of carbonyl (C=O) groups is 2. The maximum atomic E-state index is 12.1. The van der Waals surface area contributed by atoms with E-state index in [0.29, 0.717) is 36.0 Å². The highest BCUT2D eigenvalue weighted by atomic mass is 35.5. The largest absolute Gasteiger partial charge is 0.489 e. The summed E-state index contributed by atoms with van der Waals surface area (Å²) in [6, 6.07) is 5.03. The molecule has 0 spiro atoms. The normalized spacial score (nSPS) is 15.8. The van der Waals surface area contributed by atoms with E-state index in [1.807, 2.05) is 23.9 Å². The molecule has 0 unspecified atom stereocenters. The summed E-state index contributed by atoms with van der Waals surface area (Å²) < 4.78 is 5.94. The highest BCUT2D eigenvalue weighted by molar-refractivity contribution is 6.32. The average Bonchev–Trinajstić information content (AvgIpc) is 2.57. The lowest BCUT2D eigenvalue weighted by Gasteiger charge is -2.31. The van der Waals surface area contributed by atoms with Gasteiger partial charge in [-0.05, 0) is 45.1 Å². The number of likely N-dealkylation sites (N-methyl/N-ethyl adjacent to an activating group) is 1. The predicted octanol–water partition coefficient (Wildman–Crippen LogP) is 1.56. The number of piperidine rings is 1. The summed E-state index contributed by atoms with van der Waals surface area (Å²) in [5, 5.41) is 12.1. The van der Waals surface area contributed by atoms with Gasteiger partial charge in [-0.3, -0.25) is 14.5 Å². The van der Waals surface area contributed by atoms with Crippen molar-refractivity contribution in [3.8, 4) is 5.75 Å². The van der Waals surface area contributed by atoms with Gasteiger partial charge in [0.15, 0.2) is 0 Å². The number of nitrogens with zero attached hydrogens (tertiary/aromatic N) is 2. The number of carbonyl (C=O) groups excluding carboxylic acids is 1. The van der Waals surface area contributed by atoms with Gasteiger partial charge in [0.1, 0.15) is 11.9 Å². The van der Waals surface area contributed by atoms with Crippen LogP contribution in [0.1, 0.15) is 23.2 Å². The molecule has 1 aliphatic rings. The summed E-state index contributed by atoms with van der Waals surface area (Å²) in [6.07, 6.45) is 1.49. The van der Waals surface area contributed by atoms with Crippen molar-refractivity contribution in [2.24, 2.45) is 0 Å². The fourth-order valence-electron chi connectivity index (χ4n) is 2.79. The molecular weight excluding hydrogens is 358 g/mol. The third-order valence-corrected chi connectivity index (χ3v) is 4.52. The molecule has 2 rings (SSSR count). The van der Waals surface area contributed by atoms with Gasteiger partial charge in [0.2, 0.25) is 0 Å². The number of benzene rings is 1. The minimum Gasteiger partial charge on any atom is -0.489 e. The highest BCUT2D eigenvalue weighted by Gasteiger charge is 2.22. The van der Waals surface area contributed by atoms with Gasteiger partial charge >= 0.3 is 5.97 Å². The van der Waals surface area contributed by atoms with Crippen molar-refractivity contribution in [3.05, 3.63) is 28.8 Å². The maximum absolute atomic E-state index is 12.1. The third-order valence-electron chi connectivity index (χ3n) is 4.23. The molecule has 1 aromatic carbocycles. The zero-order chi connectivity index (χ0) is 19.1. The molecule has 1 saturated heterocycles. The van der Waals surface area contributed by atoms with Crippen LogP contribution in [0, 0.1) is 0 Å². The van der Waals surface area contributed by atoms with Crippen LogP contribution in [-0.4, -0.2) is 79.7 Å². The first-order valence-electron chi connectivity index (χ1n) is 8.68. The van der Waals surface area contributed by atoms with Gasteiger partial charge in [-0.2, -0.15) is 0 Å². The van der Waals surface area contributed by atoms with Crippen LogP contribution in [0.15, 0.2) is 18.2 Å². The molecule has 26 heavy (non-hydrogen) atoms. The second-order valence-electron chi connectivity index (χ2n) is 6.69. The van der Waals surface area contributed by atoms with Crippen molar-refractivity contribution in [3.63, 3.8) is 0 Å². The number of rotatable bonds is 8. The lowest BCUT2D eigenvalue weighted by atomic mass is 10.1. The molecule has 1 amide bonds. The lowest BCUT2D eigenvalue weighted by Crippen LogP contribution is -2.40. The molecule has 144 valence electrons. The lowest BCUT2D eigenvalue weighted by molar-refractivity contribution is -0.138. The topological polar surface area (TPSA) is 82.1 Å². The predicted molar refractivity (Wildman–Crippen MR) is 100 cm³/mol. The summed E-state index contributed by atoms with van der Waals surface area (Å²) in [4.78, 5) is 26.8. The van der Waals surface area contributed by atoms with Gasteiger partial charge in [0.05, 0.1) is 11.6 Å². The number of hydrogen-bond acceptors (Lipinski definition) is 5. The Hall–Kier alpha value is -1.83. The molecule has 1 fully saturated rings. The monoisotopic (exact) mass is 383 g/mol. The Kier molecular flexibility index (Phi) is 7.68. The van der Waals surface area contributed by atoms with Crippen LogP contribution in [0.5, 0.6) is 5.75 Å². The molecule has 0 aromatic heterocycles. The zero-order valence-corrected chi connectivity index (χ0v) is 16.0. The van der Waals surface area contributed by atoms with Crippen molar-refractivity contribution in [1.29, 1.82) is 0 Å². The third kappa shape index (κ3) is 6.48. The number of carboxylic acid groups (broad SMARTS) is 1.